The Morgan fingerprint density at radius 1 is 1.30 bits per heavy atom. The van der Waals surface area contributed by atoms with E-state index in [0.29, 0.717) is 27.3 Å². The van der Waals surface area contributed by atoms with Crippen LogP contribution in [0.15, 0.2) is 30.5 Å². The molecule has 0 radical (unpaired) electrons. The summed E-state index contributed by atoms with van der Waals surface area (Å²) in [4.78, 5) is 16.0. The first-order chi connectivity index (χ1) is 9.65. The highest BCUT2D eigenvalue weighted by Gasteiger charge is 2.14. The van der Waals surface area contributed by atoms with E-state index >= 15 is 0 Å². The van der Waals surface area contributed by atoms with Gasteiger partial charge in [0.1, 0.15) is 16.9 Å². The normalized spacial score (nSPS) is 10.7. The van der Waals surface area contributed by atoms with Crippen molar-refractivity contribution in [1.82, 2.24) is 13.7 Å². The molecule has 8 heteroatoms. The van der Waals surface area contributed by atoms with Crippen LogP contribution in [0.5, 0.6) is 0 Å². The Hall–Kier alpha value is -2.25. The number of anilines is 2. The molecule has 0 saturated carbocycles. The van der Waals surface area contributed by atoms with Crippen LogP contribution < -0.4 is 11.1 Å². The third-order valence-electron chi connectivity index (χ3n) is 2.66. The summed E-state index contributed by atoms with van der Waals surface area (Å²) in [5.74, 6) is -0.0567. The number of halogens is 1. The number of nitrogens with two attached hydrogens (primary N) is 1. The summed E-state index contributed by atoms with van der Waals surface area (Å²) in [6, 6.07) is 6.48. The van der Waals surface area contributed by atoms with Gasteiger partial charge in [0.2, 0.25) is 0 Å². The molecule has 6 nitrogen and oxygen atoms in total. The molecule has 0 unspecified atom stereocenters. The first-order valence-electron chi connectivity index (χ1n) is 5.59. The minimum atomic E-state index is -0.332. The zero-order valence-corrected chi connectivity index (χ0v) is 11.6. The summed E-state index contributed by atoms with van der Waals surface area (Å²) >= 11 is 7.17. The van der Waals surface area contributed by atoms with Gasteiger partial charge in [-0.1, -0.05) is 11.6 Å². The molecular formula is C12H8ClN5OS. The molecule has 1 aromatic carbocycles. The van der Waals surface area contributed by atoms with E-state index in [-0.39, 0.29) is 11.7 Å². The van der Waals surface area contributed by atoms with Crippen molar-refractivity contribution in [2.45, 2.75) is 0 Å². The van der Waals surface area contributed by atoms with E-state index in [1.165, 1.54) is 12.3 Å². The van der Waals surface area contributed by atoms with Gasteiger partial charge in [0, 0.05) is 11.8 Å². The predicted octanol–water partition coefficient (Wildman–Crippen LogP) is 2.57. The van der Waals surface area contributed by atoms with Crippen molar-refractivity contribution in [2.24, 2.45) is 0 Å². The van der Waals surface area contributed by atoms with Crippen LogP contribution in [0, 0.1) is 0 Å². The highest BCUT2D eigenvalue weighted by molar-refractivity contribution is 7.00. The predicted molar refractivity (Wildman–Crippen MR) is 79.0 cm³/mol. The van der Waals surface area contributed by atoms with Crippen LogP contribution in [0.3, 0.4) is 0 Å². The molecule has 1 amide bonds. The third-order valence-corrected chi connectivity index (χ3v) is 3.52. The van der Waals surface area contributed by atoms with Crippen LogP contribution in [0.1, 0.15) is 10.4 Å². The molecule has 0 fully saturated rings. The lowest BCUT2D eigenvalue weighted by Crippen LogP contribution is -2.13. The topological polar surface area (TPSA) is 93.8 Å². The molecule has 0 aliphatic carbocycles. The molecule has 3 rings (SSSR count). The van der Waals surface area contributed by atoms with Gasteiger partial charge in [-0.15, -0.1) is 0 Å². The number of rotatable bonds is 2. The van der Waals surface area contributed by atoms with E-state index in [2.05, 4.69) is 19.0 Å². The molecule has 0 spiro atoms. The second-order valence-corrected chi connectivity index (χ2v) is 4.91. The molecule has 3 aromatic rings. The molecule has 0 aliphatic rings. The average Bonchev–Trinajstić information content (AvgIpc) is 2.90. The fraction of sp³-hybridized carbons (Fsp3) is 0. The Morgan fingerprint density at radius 2 is 2.15 bits per heavy atom. The van der Waals surface area contributed by atoms with Gasteiger partial charge in [0.15, 0.2) is 0 Å². The number of aromatic nitrogens is 3. The molecule has 20 heavy (non-hydrogen) atoms. The zero-order chi connectivity index (χ0) is 14.1. The first kappa shape index (κ1) is 12.8. The standard InChI is InChI=1S/C12H8ClN5OS/c13-7-1-2-8-11(18-20-17-8)10(7)16-12(19)6-3-4-15-9(14)5-6/h1-5H,(H2,14,15)(H,16,19). The molecule has 0 bridgehead atoms. The number of carbonyl (C=O) groups excluding carboxylic acids is 1. The number of carbonyl (C=O) groups is 1. The maximum atomic E-state index is 12.2. The van der Waals surface area contributed by atoms with E-state index in [4.69, 9.17) is 17.3 Å². The van der Waals surface area contributed by atoms with Crippen molar-refractivity contribution in [3.63, 3.8) is 0 Å². The van der Waals surface area contributed by atoms with Gasteiger partial charge in [-0.25, -0.2) is 4.98 Å². The van der Waals surface area contributed by atoms with Gasteiger partial charge in [0.25, 0.3) is 5.91 Å². The number of hydrogen-bond donors (Lipinski definition) is 2. The number of pyridine rings is 1. The number of nitrogens with zero attached hydrogens (tertiary/aromatic N) is 3. The van der Waals surface area contributed by atoms with Crippen molar-refractivity contribution in [3.05, 3.63) is 41.0 Å². The summed E-state index contributed by atoms with van der Waals surface area (Å²) in [5, 5.41) is 3.14. The summed E-state index contributed by atoms with van der Waals surface area (Å²) in [7, 11) is 0. The Bertz CT molecular complexity index is 803. The number of nitrogens with one attached hydrogen (secondary N) is 1. The highest BCUT2D eigenvalue weighted by atomic mass is 35.5. The molecule has 2 heterocycles. The van der Waals surface area contributed by atoms with Crippen LogP contribution in [0.25, 0.3) is 11.0 Å². The van der Waals surface area contributed by atoms with Crippen molar-refractivity contribution >= 4 is 51.8 Å². The van der Waals surface area contributed by atoms with Crippen molar-refractivity contribution < 1.29 is 4.79 Å². The molecular weight excluding hydrogens is 298 g/mol. The van der Waals surface area contributed by atoms with Gasteiger partial charge in [-0.05, 0) is 24.3 Å². The second kappa shape index (κ2) is 5.03. The molecule has 0 aliphatic heterocycles. The van der Waals surface area contributed by atoms with Crippen LogP contribution in [0.4, 0.5) is 11.5 Å². The average molecular weight is 306 g/mol. The quantitative estimate of drug-likeness (QED) is 0.759. The Morgan fingerprint density at radius 3 is 2.95 bits per heavy atom. The lowest BCUT2D eigenvalue weighted by atomic mass is 10.2. The summed E-state index contributed by atoms with van der Waals surface area (Å²) < 4.78 is 8.24. The van der Waals surface area contributed by atoms with Gasteiger partial charge in [-0.3, -0.25) is 4.79 Å². The van der Waals surface area contributed by atoms with E-state index in [0.717, 1.165) is 11.7 Å². The first-order valence-corrected chi connectivity index (χ1v) is 6.69. The van der Waals surface area contributed by atoms with E-state index in [1.54, 1.807) is 18.2 Å². The molecule has 0 atom stereocenters. The van der Waals surface area contributed by atoms with E-state index < -0.39 is 0 Å². The van der Waals surface area contributed by atoms with Crippen LogP contribution in [0.2, 0.25) is 5.02 Å². The highest BCUT2D eigenvalue weighted by Crippen LogP contribution is 2.30. The fourth-order valence-corrected chi connectivity index (χ4v) is 2.46. The summed E-state index contributed by atoms with van der Waals surface area (Å²) in [5.41, 5.74) is 7.65. The van der Waals surface area contributed by atoms with Gasteiger partial charge >= 0.3 is 0 Å². The lowest BCUT2D eigenvalue weighted by Gasteiger charge is -2.07. The molecule has 3 N–H and O–H groups in total. The molecule has 0 saturated heterocycles. The van der Waals surface area contributed by atoms with Crippen LogP contribution >= 0.6 is 23.3 Å². The maximum absolute atomic E-state index is 12.2. The lowest BCUT2D eigenvalue weighted by molar-refractivity contribution is 0.102. The Balaban J connectivity index is 1.99. The summed E-state index contributed by atoms with van der Waals surface area (Å²) in [6.07, 6.45) is 1.47. The number of nitrogen functional groups attached to an aromatic ring is 1. The second-order valence-electron chi connectivity index (χ2n) is 3.98. The minimum absolute atomic E-state index is 0.275. The largest absolute Gasteiger partial charge is 0.384 e. The van der Waals surface area contributed by atoms with Crippen molar-refractivity contribution in [2.75, 3.05) is 11.1 Å². The number of fused-ring (bicyclic) bond motifs is 1. The number of amides is 1. The Labute approximate surface area is 122 Å². The molecule has 2 aromatic heterocycles. The minimum Gasteiger partial charge on any atom is -0.384 e. The monoisotopic (exact) mass is 305 g/mol. The number of hydrogen-bond acceptors (Lipinski definition) is 6. The SMILES string of the molecule is Nc1cc(C(=O)Nc2c(Cl)ccc3nsnc23)ccn1. The van der Waals surface area contributed by atoms with Crippen molar-refractivity contribution in [1.29, 1.82) is 0 Å². The Kier molecular flexibility index (Phi) is 3.21. The van der Waals surface area contributed by atoms with Gasteiger partial charge < -0.3 is 11.1 Å². The maximum Gasteiger partial charge on any atom is 0.255 e. The fourth-order valence-electron chi connectivity index (χ4n) is 1.72. The van der Waals surface area contributed by atoms with E-state index in [9.17, 15) is 4.79 Å². The summed E-state index contributed by atoms with van der Waals surface area (Å²) in [6.45, 7) is 0. The van der Waals surface area contributed by atoms with Crippen molar-refractivity contribution in [3.8, 4) is 0 Å². The van der Waals surface area contributed by atoms with Gasteiger partial charge in [0.05, 0.1) is 22.4 Å². The number of benzene rings is 1. The van der Waals surface area contributed by atoms with E-state index in [1.807, 2.05) is 0 Å². The smallest absolute Gasteiger partial charge is 0.255 e. The van der Waals surface area contributed by atoms with Gasteiger partial charge in [-0.2, -0.15) is 8.75 Å². The molecule has 100 valence electrons. The van der Waals surface area contributed by atoms with Crippen LogP contribution in [-0.2, 0) is 0 Å². The van der Waals surface area contributed by atoms with Crippen LogP contribution in [-0.4, -0.2) is 19.6 Å². The zero-order valence-electron chi connectivity index (χ0n) is 10.0. The third kappa shape index (κ3) is 2.28.